The van der Waals surface area contributed by atoms with Crippen molar-refractivity contribution in [1.29, 1.82) is 5.26 Å². The lowest BCUT2D eigenvalue weighted by atomic mass is 9.82. The lowest BCUT2D eigenvalue weighted by Gasteiger charge is -2.46. The summed E-state index contributed by atoms with van der Waals surface area (Å²) in [7, 11) is 0. The summed E-state index contributed by atoms with van der Waals surface area (Å²) < 4.78 is 4.40. The Morgan fingerprint density at radius 3 is 2.64 bits per heavy atom. The predicted molar refractivity (Wildman–Crippen MR) is 127 cm³/mol. The van der Waals surface area contributed by atoms with E-state index in [0.717, 1.165) is 29.9 Å². The SMILES string of the molecule is N#CC1C=CC(C(=O)N2CCC3(CC2)Nc2cc(-n4cccc4)ccc2-n2cccc23)=CC1. The maximum atomic E-state index is 13.1. The number of allylic oxidation sites excluding steroid dienone is 2. The standard InChI is InChI=1S/C27H25N5O/c28-19-20-5-7-21(8-6-20)26(33)31-16-11-27(12-17-31)25-4-3-15-32(25)24-10-9-22(18-23(24)29-27)30-13-1-2-14-30/h1-5,7-10,13-15,18,20,29H,6,11-12,16-17H2. The summed E-state index contributed by atoms with van der Waals surface area (Å²) >= 11 is 0. The molecule has 1 fully saturated rings. The zero-order chi connectivity index (χ0) is 22.4. The smallest absolute Gasteiger partial charge is 0.253 e. The summed E-state index contributed by atoms with van der Waals surface area (Å²) in [4.78, 5) is 15.0. The van der Waals surface area contributed by atoms with Crippen molar-refractivity contribution in [3.05, 3.63) is 90.6 Å². The Balaban J connectivity index is 1.26. The zero-order valence-electron chi connectivity index (χ0n) is 18.3. The van der Waals surface area contributed by atoms with E-state index in [-0.39, 0.29) is 17.4 Å². The van der Waals surface area contributed by atoms with Gasteiger partial charge in [0.05, 0.1) is 28.9 Å². The van der Waals surface area contributed by atoms with Crippen molar-refractivity contribution >= 4 is 11.6 Å². The van der Waals surface area contributed by atoms with Crippen molar-refractivity contribution in [2.24, 2.45) is 5.92 Å². The van der Waals surface area contributed by atoms with Crippen LogP contribution in [0.15, 0.2) is 84.9 Å². The number of benzene rings is 1. The fraction of sp³-hybridized carbons (Fsp3) is 0.259. The Bertz CT molecular complexity index is 1310. The number of anilines is 1. The highest BCUT2D eigenvalue weighted by atomic mass is 16.2. The molecule has 6 heteroatoms. The van der Waals surface area contributed by atoms with E-state index >= 15 is 0 Å². The van der Waals surface area contributed by atoms with Crippen LogP contribution >= 0.6 is 0 Å². The Hall–Kier alpha value is -3.98. The van der Waals surface area contributed by atoms with Crippen LogP contribution in [0.2, 0.25) is 0 Å². The quantitative estimate of drug-likeness (QED) is 0.643. The first-order chi connectivity index (χ1) is 16.2. The fourth-order valence-corrected chi connectivity index (χ4v) is 5.33. The molecule has 1 aliphatic carbocycles. The van der Waals surface area contributed by atoms with Gasteiger partial charge in [0.2, 0.25) is 0 Å². The van der Waals surface area contributed by atoms with E-state index in [1.54, 1.807) is 0 Å². The minimum atomic E-state index is -0.203. The summed E-state index contributed by atoms with van der Waals surface area (Å²) in [6.45, 7) is 1.38. The molecule has 6 rings (SSSR count). The number of nitrogens with zero attached hydrogens (tertiary/aromatic N) is 4. The Morgan fingerprint density at radius 1 is 1.09 bits per heavy atom. The number of aromatic nitrogens is 2. The normalized spacial score (nSPS) is 20.4. The molecule has 1 N–H and O–H groups in total. The van der Waals surface area contributed by atoms with Crippen LogP contribution in [0.1, 0.15) is 25.0 Å². The van der Waals surface area contributed by atoms with Crippen LogP contribution < -0.4 is 5.32 Å². The number of fused-ring (bicyclic) bond motifs is 4. The minimum Gasteiger partial charge on any atom is -0.372 e. The number of likely N-dealkylation sites (tertiary alicyclic amines) is 1. The van der Waals surface area contributed by atoms with Crippen molar-refractivity contribution in [2.45, 2.75) is 24.8 Å². The highest BCUT2D eigenvalue weighted by molar-refractivity contribution is 5.96. The molecule has 2 aromatic heterocycles. The molecule has 1 spiro atoms. The first-order valence-electron chi connectivity index (χ1n) is 11.5. The number of nitriles is 1. The third kappa shape index (κ3) is 3.20. The van der Waals surface area contributed by atoms with E-state index in [9.17, 15) is 4.79 Å². The number of carbonyl (C=O) groups excluding carboxylic acids is 1. The monoisotopic (exact) mass is 435 g/mol. The number of piperidine rings is 1. The van der Waals surface area contributed by atoms with E-state index in [1.807, 2.05) is 35.3 Å². The van der Waals surface area contributed by atoms with Gasteiger partial charge in [-0.2, -0.15) is 5.26 Å². The maximum absolute atomic E-state index is 13.1. The Labute approximate surface area is 193 Å². The summed E-state index contributed by atoms with van der Waals surface area (Å²) in [5, 5.41) is 12.9. The third-order valence-corrected chi connectivity index (χ3v) is 7.17. The van der Waals surface area contributed by atoms with E-state index in [0.29, 0.717) is 25.1 Å². The van der Waals surface area contributed by atoms with Gasteiger partial charge in [0.25, 0.3) is 5.91 Å². The third-order valence-electron chi connectivity index (χ3n) is 7.17. The molecule has 3 aliphatic rings. The molecule has 1 amide bonds. The summed E-state index contributed by atoms with van der Waals surface area (Å²) in [5.41, 5.74) is 5.15. The second-order valence-corrected chi connectivity index (χ2v) is 9.04. The van der Waals surface area contributed by atoms with E-state index < -0.39 is 0 Å². The van der Waals surface area contributed by atoms with Crippen LogP contribution in [-0.4, -0.2) is 33.0 Å². The van der Waals surface area contributed by atoms with Crippen molar-refractivity contribution in [3.8, 4) is 17.4 Å². The summed E-state index contributed by atoms with van der Waals surface area (Å²) in [6.07, 6.45) is 14.1. The molecule has 1 saturated heterocycles. The number of carbonyl (C=O) groups is 1. The first kappa shape index (κ1) is 19.7. The molecule has 164 valence electrons. The minimum absolute atomic E-state index is 0.0685. The number of nitrogens with one attached hydrogen (secondary N) is 1. The molecule has 0 bridgehead atoms. The lowest BCUT2D eigenvalue weighted by molar-refractivity contribution is -0.128. The highest BCUT2D eigenvalue weighted by Crippen LogP contribution is 2.44. The number of hydrogen-bond acceptors (Lipinski definition) is 3. The van der Waals surface area contributed by atoms with Crippen molar-refractivity contribution < 1.29 is 4.79 Å². The van der Waals surface area contributed by atoms with Crippen molar-refractivity contribution in [1.82, 2.24) is 14.0 Å². The fourth-order valence-electron chi connectivity index (χ4n) is 5.33. The maximum Gasteiger partial charge on any atom is 0.253 e. The second kappa shape index (κ2) is 7.56. The molecule has 1 aromatic carbocycles. The average molecular weight is 436 g/mol. The topological polar surface area (TPSA) is 66.0 Å². The van der Waals surface area contributed by atoms with Crippen LogP contribution in [-0.2, 0) is 10.3 Å². The molecule has 4 heterocycles. The number of rotatable bonds is 2. The van der Waals surface area contributed by atoms with Crippen LogP contribution in [0.5, 0.6) is 0 Å². The van der Waals surface area contributed by atoms with E-state index in [1.165, 1.54) is 5.69 Å². The molecular formula is C27H25N5O. The van der Waals surface area contributed by atoms with Gasteiger partial charge in [0, 0.05) is 48.6 Å². The Morgan fingerprint density at radius 2 is 1.91 bits per heavy atom. The average Bonchev–Trinajstić information content (AvgIpc) is 3.57. The van der Waals surface area contributed by atoms with E-state index in [4.69, 9.17) is 5.26 Å². The highest BCUT2D eigenvalue weighted by Gasteiger charge is 2.42. The first-order valence-corrected chi connectivity index (χ1v) is 11.5. The van der Waals surface area contributed by atoms with Gasteiger partial charge in [-0.25, -0.2) is 0 Å². The largest absolute Gasteiger partial charge is 0.372 e. The molecule has 0 radical (unpaired) electrons. The van der Waals surface area contributed by atoms with Crippen LogP contribution in [0.4, 0.5) is 5.69 Å². The van der Waals surface area contributed by atoms with Crippen LogP contribution in [0.3, 0.4) is 0 Å². The number of hydrogen-bond donors (Lipinski definition) is 1. The van der Waals surface area contributed by atoms with Gasteiger partial charge < -0.3 is 19.4 Å². The van der Waals surface area contributed by atoms with Gasteiger partial charge in [0.1, 0.15) is 0 Å². The van der Waals surface area contributed by atoms with Gasteiger partial charge in [0.15, 0.2) is 0 Å². The zero-order valence-corrected chi connectivity index (χ0v) is 18.3. The molecule has 3 aromatic rings. The molecular weight excluding hydrogens is 410 g/mol. The van der Waals surface area contributed by atoms with Gasteiger partial charge in [-0.1, -0.05) is 18.2 Å². The molecule has 6 nitrogen and oxygen atoms in total. The summed E-state index contributed by atoms with van der Waals surface area (Å²) in [6, 6.07) is 17.1. The molecule has 1 atom stereocenters. The van der Waals surface area contributed by atoms with Gasteiger partial charge in [-0.3, -0.25) is 4.79 Å². The molecule has 0 saturated carbocycles. The number of amides is 1. The van der Waals surface area contributed by atoms with Crippen molar-refractivity contribution in [3.63, 3.8) is 0 Å². The van der Waals surface area contributed by atoms with Crippen LogP contribution in [0, 0.1) is 17.2 Å². The lowest BCUT2D eigenvalue weighted by Crippen LogP contribution is -2.51. The van der Waals surface area contributed by atoms with Gasteiger partial charge in [-0.05, 0) is 61.7 Å². The summed E-state index contributed by atoms with van der Waals surface area (Å²) in [5.74, 6) is -0.0547. The predicted octanol–water partition coefficient (Wildman–Crippen LogP) is 4.54. The molecule has 1 unspecified atom stereocenters. The molecule has 2 aliphatic heterocycles. The Kier molecular flexibility index (Phi) is 4.51. The van der Waals surface area contributed by atoms with E-state index in [2.05, 4.69) is 69.4 Å². The molecule has 33 heavy (non-hydrogen) atoms. The van der Waals surface area contributed by atoms with Crippen LogP contribution in [0.25, 0.3) is 11.4 Å². The second-order valence-electron chi connectivity index (χ2n) is 9.04. The van der Waals surface area contributed by atoms with Gasteiger partial charge in [-0.15, -0.1) is 0 Å². The van der Waals surface area contributed by atoms with Crippen molar-refractivity contribution in [2.75, 3.05) is 18.4 Å². The van der Waals surface area contributed by atoms with Gasteiger partial charge >= 0.3 is 0 Å².